The Morgan fingerprint density at radius 1 is 1.06 bits per heavy atom. The van der Waals surface area contributed by atoms with E-state index < -0.39 is 0 Å². The molecule has 0 aliphatic carbocycles. The molecule has 1 aliphatic heterocycles. The molecule has 2 heterocycles. The van der Waals surface area contributed by atoms with Gasteiger partial charge in [0.15, 0.2) is 0 Å². The Morgan fingerprint density at radius 2 is 1.81 bits per heavy atom. The Balaban J connectivity index is 1.48. The second-order valence-corrected chi connectivity index (χ2v) is 8.70. The Kier molecular flexibility index (Phi) is 6.69. The fourth-order valence-corrected chi connectivity index (χ4v) is 4.30. The average Bonchev–Trinajstić information content (AvgIpc) is 2.77. The lowest BCUT2D eigenvalue weighted by molar-refractivity contribution is 0.208. The number of anilines is 2. The Labute approximate surface area is 195 Å². The molecule has 32 heavy (non-hydrogen) atoms. The van der Waals surface area contributed by atoms with Crippen molar-refractivity contribution in [2.24, 2.45) is 0 Å². The van der Waals surface area contributed by atoms with Crippen LogP contribution in [0, 0.1) is 19.7 Å². The molecule has 0 radical (unpaired) electrons. The quantitative estimate of drug-likeness (QED) is 0.554. The molecular weight excluding hydrogens is 473 g/mol. The number of carbonyl (C=O) groups is 1. The molecule has 4 rings (SSSR count). The lowest BCUT2D eigenvalue weighted by Crippen LogP contribution is -2.50. The topological polar surface area (TPSA) is 61.4 Å². The predicted molar refractivity (Wildman–Crippen MR) is 128 cm³/mol. The van der Waals surface area contributed by atoms with E-state index in [0.29, 0.717) is 38.4 Å². The van der Waals surface area contributed by atoms with Gasteiger partial charge in [-0.3, -0.25) is 0 Å². The van der Waals surface area contributed by atoms with Crippen LogP contribution in [0.3, 0.4) is 0 Å². The molecule has 166 valence electrons. The number of benzene rings is 2. The highest BCUT2D eigenvalue weighted by Gasteiger charge is 2.25. The van der Waals surface area contributed by atoms with Gasteiger partial charge in [0.25, 0.3) is 0 Å². The molecule has 8 heteroatoms. The molecule has 2 amide bonds. The number of aromatic nitrogens is 2. The van der Waals surface area contributed by atoms with E-state index in [1.807, 2.05) is 49.1 Å². The largest absolute Gasteiger partial charge is 0.353 e. The number of para-hydroxylation sites is 1. The molecule has 0 unspecified atom stereocenters. The van der Waals surface area contributed by atoms with Crippen LogP contribution in [-0.2, 0) is 6.42 Å². The molecule has 0 atom stereocenters. The predicted octanol–water partition coefficient (Wildman–Crippen LogP) is 4.94. The number of piperazine rings is 1. The summed E-state index contributed by atoms with van der Waals surface area (Å²) in [6.07, 6.45) is 0.557. The van der Waals surface area contributed by atoms with Crippen molar-refractivity contribution in [1.29, 1.82) is 0 Å². The molecule has 1 aliphatic rings. The van der Waals surface area contributed by atoms with E-state index in [2.05, 4.69) is 31.1 Å². The number of hydrogen-bond donors (Lipinski definition) is 1. The SMILES string of the molecule is Cc1nc(C)c(Cc2cccc(F)c2)c(N2CCN(C(=O)Nc3ccccc3Br)CC2)n1. The Hall–Kier alpha value is -3.00. The van der Waals surface area contributed by atoms with Crippen molar-refractivity contribution < 1.29 is 9.18 Å². The van der Waals surface area contributed by atoms with Crippen LogP contribution in [-0.4, -0.2) is 47.1 Å². The maximum Gasteiger partial charge on any atom is 0.321 e. The number of hydrogen-bond acceptors (Lipinski definition) is 4. The zero-order valence-electron chi connectivity index (χ0n) is 18.1. The molecule has 1 N–H and O–H groups in total. The summed E-state index contributed by atoms with van der Waals surface area (Å²) in [5.41, 5.74) is 3.52. The Bertz CT molecular complexity index is 1130. The molecular formula is C24H25BrFN5O. The van der Waals surface area contributed by atoms with Gasteiger partial charge in [-0.05, 0) is 59.6 Å². The number of urea groups is 1. The Morgan fingerprint density at radius 3 is 2.53 bits per heavy atom. The second kappa shape index (κ2) is 9.65. The van der Waals surface area contributed by atoms with Crippen molar-refractivity contribution in [1.82, 2.24) is 14.9 Å². The summed E-state index contributed by atoms with van der Waals surface area (Å²) in [7, 11) is 0. The first kappa shape index (κ1) is 22.2. The third-order valence-electron chi connectivity index (χ3n) is 5.56. The molecule has 1 aromatic heterocycles. The van der Waals surface area contributed by atoms with Gasteiger partial charge in [-0.25, -0.2) is 19.2 Å². The third-order valence-corrected chi connectivity index (χ3v) is 6.25. The van der Waals surface area contributed by atoms with Crippen molar-refractivity contribution in [3.8, 4) is 0 Å². The zero-order valence-corrected chi connectivity index (χ0v) is 19.7. The maximum atomic E-state index is 13.7. The van der Waals surface area contributed by atoms with Gasteiger partial charge in [-0.1, -0.05) is 24.3 Å². The highest BCUT2D eigenvalue weighted by Crippen LogP contribution is 2.26. The molecule has 2 aromatic carbocycles. The molecule has 1 fully saturated rings. The van der Waals surface area contributed by atoms with Crippen molar-refractivity contribution in [2.45, 2.75) is 20.3 Å². The van der Waals surface area contributed by atoms with Crippen LogP contribution in [0.4, 0.5) is 20.7 Å². The molecule has 1 saturated heterocycles. The first-order valence-corrected chi connectivity index (χ1v) is 11.3. The molecule has 0 bridgehead atoms. The van der Waals surface area contributed by atoms with Gasteiger partial charge in [-0.2, -0.15) is 0 Å². The third kappa shape index (κ3) is 5.07. The van der Waals surface area contributed by atoms with Gasteiger partial charge in [0.2, 0.25) is 0 Å². The number of nitrogens with one attached hydrogen (secondary N) is 1. The number of aryl methyl sites for hydroxylation is 2. The normalized spacial score (nSPS) is 13.9. The van der Waals surface area contributed by atoms with Crippen molar-refractivity contribution >= 4 is 33.5 Å². The second-order valence-electron chi connectivity index (χ2n) is 7.85. The first-order valence-electron chi connectivity index (χ1n) is 10.5. The van der Waals surface area contributed by atoms with Crippen molar-refractivity contribution in [3.05, 3.63) is 81.5 Å². The van der Waals surface area contributed by atoms with Crippen LogP contribution in [0.1, 0.15) is 22.6 Å². The van der Waals surface area contributed by atoms with Gasteiger partial charge in [0.1, 0.15) is 17.5 Å². The van der Waals surface area contributed by atoms with Crippen LogP contribution in [0.15, 0.2) is 53.0 Å². The summed E-state index contributed by atoms with van der Waals surface area (Å²) in [5, 5.41) is 2.96. The minimum absolute atomic E-state index is 0.119. The molecule has 0 spiro atoms. The van der Waals surface area contributed by atoms with E-state index in [1.165, 1.54) is 6.07 Å². The fraction of sp³-hybridized carbons (Fsp3) is 0.292. The number of rotatable bonds is 4. The van der Waals surface area contributed by atoms with Crippen LogP contribution in [0.5, 0.6) is 0 Å². The van der Waals surface area contributed by atoms with E-state index in [4.69, 9.17) is 4.98 Å². The number of halogens is 2. The van der Waals surface area contributed by atoms with Gasteiger partial charge in [0, 0.05) is 48.3 Å². The lowest BCUT2D eigenvalue weighted by atomic mass is 10.0. The van der Waals surface area contributed by atoms with E-state index >= 15 is 0 Å². The monoisotopic (exact) mass is 497 g/mol. The lowest BCUT2D eigenvalue weighted by Gasteiger charge is -2.36. The fourth-order valence-electron chi connectivity index (χ4n) is 3.92. The van der Waals surface area contributed by atoms with E-state index in [-0.39, 0.29) is 11.8 Å². The average molecular weight is 498 g/mol. The molecule has 3 aromatic rings. The summed E-state index contributed by atoms with van der Waals surface area (Å²) in [4.78, 5) is 26.0. The van der Waals surface area contributed by atoms with Crippen molar-refractivity contribution in [3.63, 3.8) is 0 Å². The molecule has 6 nitrogen and oxygen atoms in total. The standard InChI is InChI=1S/C24H25BrFN5O/c1-16-20(15-18-6-5-7-19(26)14-18)23(28-17(2)27-16)30-10-12-31(13-11-30)24(32)29-22-9-4-3-8-21(22)25/h3-9,14H,10-13,15H2,1-2H3,(H,29,32). The van der Waals surface area contributed by atoms with Gasteiger partial charge in [0.05, 0.1) is 5.69 Å². The van der Waals surface area contributed by atoms with Gasteiger partial charge < -0.3 is 15.1 Å². The number of nitrogens with zero attached hydrogens (tertiary/aromatic N) is 4. The van der Waals surface area contributed by atoms with Crippen molar-refractivity contribution in [2.75, 3.05) is 36.4 Å². The summed E-state index contributed by atoms with van der Waals surface area (Å²) in [5.74, 6) is 1.32. The molecule has 0 saturated carbocycles. The highest BCUT2D eigenvalue weighted by molar-refractivity contribution is 9.10. The number of carbonyl (C=O) groups excluding carboxylic acids is 1. The van der Waals surface area contributed by atoms with E-state index in [1.54, 1.807) is 12.1 Å². The minimum Gasteiger partial charge on any atom is -0.353 e. The van der Waals surface area contributed by atoms with Crippen LogP contribution >= 0.6 is 15.9 Å². The summed E-state index contributed by atoms with van der Waals surface area (Å²) < 4.78 is 14.5. The summed E-state index contributed by atoms with van der Waals surface area (Å²) >= 11 is 3.46. The first-order chi connectivity index (χ1) is 15.4. The summed E-state index contributed by atoms with van der Waals surface area (Å²) in [6, 6.07) is 14.1. The van der Waals surface area contributed by atoms with E-state index in [9.17, 15) is 9.18 Å². The van der Waals surface area contributed by atoms with Crippen LogP contribution < -0.4 is 10.2 Å². The summed E-state index contributed by atoms with van der Waals surface area (Å²) in [6.45, 7) is 6.33. The maximum absolute atomic E-state index is 13.7. The van der Waals surface area contributed by atoms with Crippen LogP contribution in [0.2, 0.25) is 0 Å². The smallest absolute Gasteiger partial charge is 0.321 e. The zero-order chi connectivity index (χ0) is 22.7. The highest BCUT2D eigenvalue weighted by atomic mass is 79.9. The van der Waals surface area contributed by atoms with Crippen LogP contribution in [0.25, 0.3) is 0 Å². The van der Waals surface area contributed by atoms with Gasteiger partial charge in [-0.15, -0.1) is 0 Å². The number of amides is 2. The van der Waals surface area contributed by atoms with E-state index in [0.717, 1.165) is 32.8 Å². The van der Waals surface area contributed by atoms with Gasteiger partial charge >= 0.3 is 6.03 Å². The minimum atomic E-state index is -0.251.